The van der Waals surface area contributed by atoms with Crippen LogP contribution in [-0.4, -0.2) is 37.5 Å². The number of nitrogens with one attached hydrogen (secondary N) is 1. The SMILES string of the molecule is CCC(C)OCC1CCC(CNC(C)C)O1. The normalized spacial score (nSPS) is 27.6. The molecule has 0 saturated carbocycles. The molecule has 3 heteroatoms. The Kier molecular flexibility index (Phi) is 6.32. The van der Waals surface area contributed by atoms with Gasteiger partial charge in [0.25, 0.3) is 0 Å². The van der Waals surface area contributed by atoms with E-state index in [0.29, 0.717) is 24.4 Å². The maximum Gasteiger partial charge on any atom is 0.0814 e. The molecule has 3 atom stereocenters. The molecule has 3 nitrogen and oxygen atoms in total. The summed E-state index contributed by atoms with van der Waals surface area (Å²) in [6.07, 6.45) is 4.43. The van der Waals surface area contributed by atoms with Gasteiger partial charge in [0.05, 0.1) is 24.9 Å². The van der Waals surface area contributed by atoms with Gasteiger partial charge in [-0.2, -0.15) is 0 Å². The third-order valence-electron chi connectivity index (χ3n) is 3.09. The van der Waals surface area contributed by atoms with Crippen molar-refractivity contribution in [2.24, 2.45) is 0 Å². The maximum absolute atomic E-state index is 5.92. The Balaban J connectivity index is 2.10. The minimum absolute atomic E-state index is 0.313. The highest BCUT2D eigenvalue weighted by atomic mass is 16.5. The van der Waals surface area contributed by atoms with Crippen LogP contribution in [0.5, 0.6) is 0 Å². The summed E-state index contributed by atoms with van der Waals surface area (Å²) in [6.45, 7) is 10.3. The molecule has 0 bridgehead atoms. The van der Waals surface area contributed by atoms with Gasteiger partial charge in [0.15, 0.2) is 0 Å². The van der Waals surface area contributed by atoms with Crippen LogP contribution in [0.25, 0.3) is 0 Å². The topological polar surface area (TPSA) is 30.5 Å². The van der Waals surface area contributed by atoms with Crippen molar-refractivity contribution in [1.29, 1.82) is 0 Å². The van der Waals surface area contributed by atoms with Crippen LogP contribution >= 0.6 is 0 Å². The van der Waals surface area contributed by atoms with Gasteiger partial charge in [-0.3, -0.25) is 0 Å². The van der Waals surface area contributed by atoms with Crippen molar-refractivity contribution in [3.8, 4) is 0 Å². The molecule has 1 rings (SSSR count). The van der Waals surface area contributed by atoms with Crippen LogP contribution in [-0.2, 0) is 9.47 Å². The molecule has 0 aromatic rings. The van der Waals surface area contributed by atoms with Crippen LogP contribution in [0.15, 0.2) is 0 Å². The number of ether oxygens (including phenoxy) is 2. The third kappa shape index (κ3) is 5.28. The molecular formula is C13H27NO2. The average molecular weight is 229 g/mol. The van der Waals surface area contributed by atoms with Crippen molar-refractivity contribution in [2.45, 2.75) is 71.3 Å². The van der Waals surface area contributed by atoms with Crippen molar-refractivity contribution in [2.75, 3.05) is 13.2 Å². The summed E-state index contributed by atoms with van der Waals surface area (Å²) in [5, 5.41) is 3.42. The van der Waals surface area contributed by atoms with Gasteiger partial charge in [-0.15, -0.1) is 0 Å². The van der Waals surface area contributed by atoms with Crippen LogP contribution in [0, 0.1) is 0 Å². The second-order valence-corrected chi connectivity index (χ2v) is 5.07. The van der Waals surface area contributed by atoms with Crippen molar-refractivity contribution in [3.63, 3.8) is 0 Å². The Morgan fingerprint density at radius 1 is 1.25 bits per heavy atom. The molecule has 1 saturated heterocycles. The standard InChI is InChI=1S/C13H27NO2/c1-5-11(4)15-9-13-7-6-12(16-13)8-14-10(2)3/h10-14H,5-9H2,1-4H3. The molecule has 0 spiro atoms. The van der Waals surface area contributed by atoms with E-state index in [9.17, 15) is 0 Å². The van der Waals surface area contributed by atoms with Crippen LogP contribution < -0.4 is 5.32 Å². The Morgan fingerprint density at radius 2 is 1.94 bits per heavy atom. The highest BCUT2D eigenvalue weighted by Gasteiger charge is 2.25. The van der Waals surface area contributed by atoms with E-state index in [2.05, 4.69) is 33.0 Å². The second-order valence-electron chi connectivity index (χ2n) is 5.07. The molecule has 0 amide bonds. The molecule has 16 heavy (non-hydrogen) atoms. The van der Waals surface area contributed by atoms with Crippen molar-refractivity contribution < 1.29 is 9.47 Å². The fraction of sp³-hybridized carbons (Fsp3) is 1.00. The summed E-state index contributed by atoms with van der Waals surface area (Å²) in [5.74, 6) is 0. The van der Waals surface area contributed by atoms with E-state index in [1.54, 1.807) is 0 Å². The van der Waals surface area contributed by atoms with Gasteiger partial charge >= 0.3 is 0 Å². The Labute approximate surface area is 99.9 Å². The molecule has 0 aromatic heterocycles. The largest absolute Gasteiger partial charge is 0.376 e. The van der Waals surface area contributed by atoms with Gasteiger partial charge in [0.2, 0.25) is 0 Å². The first-order valence-corrected chi connectivity index (χ1v) is 6.62. The zero-order valence-corrected chi connectivity index (χ0v) is 11.2. The van der Waals surface area contributed by atoms with Crippen LogP contribution in [0.1, 0.15) is 47.0 Å². The minimum atomic E-state index is 0.313. The average Bonchev–Trinajstić information content (AvgIpc) is 2.71. The third-order valence-corrected chi connectivity index (χ3v) is 3.09. The van der Waals surface area contributed by atoms with E-state index in [4.69, 9.17) is 9.47 Å². The lowest BCUT2D eigenvalue weighted by molar-refractivity contribution is -0.0371. The summed E-state index contributed by atoms with van der Waals surface area (Å²) in [6, 6.07) is 0.541. The van der Waals surface area contributed by atoms with Crippen LogP contribution in [0.3, 0.4) is 0 Å². The highest BCUT2D eigenvalue weighted by molar-refractivity contribution is 4.76. The molecule has 96 valence electrons. The fourth-order valence-electron chi connectivity index (χ4n) is 1.81. The van der Waals surface area contributed by atoms with Gasteiger partial charge in [-0.25, -0.2) is 0 Å². The lowest BCUT2D eigenvalue weighted by Crippen LogP contribution is -2.32. The molecule has 0 radical (unpaired) electrons. The van der Waals surface area contributed by atoms with Gasteiger partial charge < -0.3 is 14.8 Å². The summed E-state index contributed by atoms with van der Waals surface area (Å²) < 4.78 is 11.6. The Bertz CT molecular complexity index is 185. The van der Waals surface area contributed by atoms with Gasteiger partial charge in [-0.1, -0.05) is 20.8 Å². The maximum atomic E-state index is 5.92. The molecule has 1 fully saturated rings. The fourth-order valence-corrected chi connectivity index (χ4v) is 1.81. The molecule has 3 unspecified atom stereocenters. The van der Waals surface area contributed by atoms with E-state index in [1.165, 1.54) is 0 Å². The summed E-state index contributed by atoms with van der Waals surface area (Å²) in [7, 11) is 0. The van der Waals surface area contributed by atoms with E-state index >= 15 is 0 Å². The number of hydrogen-bond donors (Lipinski definition) is 1. The minimum Gasteiger partial charge on any atom is -0.376 e. The van der Waals surface area contributed by atoms with Crippen molar-refractivity contribution in [3.05, 3.63) is 0 Å². The summed E-state index contributed by atoms with van der Waals surface area (Å²) in [4.78, 5) is 0. The first kappa shape index (κ1) is 13.9. The lowest BCUT2D eigenvalue weighted by atomic mass is 10.2. The van der Waals surface area contributed by atoms with E-state index in [1.807, 2.05) is 0 Å². The van der Waals surface area contributed by atoms with Gasteiger partial charge in [-0.05, 0) is 26.2 Å². The predicted molar refractivity (Wildman–Crippen MR) is 66.7 cm³/mol. The summed E-state index contributed by atoms with van der Waals surface area (Å²) >= 11 is 0. The smallest absolute Gasteiger partial charge is 0.0814 e. The molecular weight excluding hydrogens is 202 g/mol. The summed E-state index contributed by atoms with van der Waals surface area (Å²) in [5.41, 5.74) is 0. The van der Waals surface area contributed by atoms with Crippen LogP contribution in [0.2, 0.25) is 0 Å². The molecule has 0 aliphatic carbocycles. The Hall–Kier alpha value is -0.120. The van der Waals surface area contributed by atoms with E-state index in [0.717, 1.165) is 32.4 Å². The first-order valence-electron chi connectivity index (χ1n) is 6.62. The second kappa shape index (κ2) is 7.25. The number of rotatable bonds is 7. The molecule has 1 heterocycles. The molecule has 1 N–H and O–H groups in total. The van der Waals surface area contributed by atoms with Gasteiger partial charge in [0, 0.05) is 12.6 Å². The lowest BCUT2D eigenvalue weighted by Gasteiger charge is -2.17. The quantitative estimate of drug-likeness (QED) is 0.727. The monoisotopic (exact) mass is 229 g/mol. The van der Waals surface area contributed by atoms with Crippen LogP contribution in [0.4, 0.5) is 0 Å². The van der Waals surface area contributed by atoms with Crippen molar-refractivity contribution in [1.82, 2.24) is 5.32 Å². The van der Waals surface area contributed by atoms with Gasteiger partial charge in [0.1, 0.15) is 0 Å². The Morgan fingerprint density at radius 3 is 2.56 bits per heavy atom. The predicted octanol–water partition coefficient (Wildman–Crippen LogP) is 2.35. The zero-order chi connectivity index (χ0) is 12.0. The highest BCUT2D eigenvalue weighted by Crippen LogP contribution is 2.20. The van der Waals surface area contributed by atoms with E-state index in [-0.39, 0.29) is 0 Å². The molecule has 1 aliphatic heterocycles. The first-order chi connectivity index (χ1) is 7.61. The molecule has 1 aliphatic rings. The molecule has 0 aromatic carbocycles. The van der Waals surface area contributed by atoms with Crippen molar-refractivity contribution >= 4 is 0 Å². The van der Waals surface area contributed by atoms with E-state index < -0.39 is 0 Å². The number of hydrogen-bond acceptors (Lipinski definition) is 3. The zero-order valence-electron chi connectivity index (χ0n) is 11.2.